The highest BCUT2D eigenvalue weighted by Gasteiger charge is 2.27. The van der Waals surface area contributed by atoms with Crippen LogP contribution in [0.25, 0.3) is 0 Å². The number of aryl methyl sites for hydroxylation is 1. The Bertz CT molecular complexity index is 573. The lowest BCUT2D eigenvalue weighted by atomic mass is 9.85. The molecule has 28 heavy (non-hydrogen) atoms. The maximum absolute atomic E-state index is 12.5. The number of piperidine rings is 1. The molecule has 0 radical (unpaired) electrons. The van der Waals surface area contributed by atoms with Crippen molar-refractivity contribution < 1.29 is 13.9 Å². The van der Waals surface area contributed by atoms with Crippen LogP contribution in [0.2, 0.25) is 0 Å². The van der Waals surface area contributed by atoms with Crippen molar-refractivity contribution in [3.05, 3.63) is 23.7 Å². The number of amides is 1. The highest BCUT2D eigenvalue weighted by atomic mass is 35.5. The Morgan fingerprint density at radius 2 is 2.07 bits per heavy atom. The lowest BCUT2D eigenvalue weighted by molar-refractivity contribution is -0.122. The van der Waals surface area contributed by atoms with Crippen LogP contribution in [-0.4, -0.2) is 56.7 Å². The summed E-state index contributed by atoms with van der Waals surface area (Å²) in [5.41, 5.74) is 0. The molecule has 3 unspecified atom stereocenters. The van der Waals surface area contributed by atoms with Crippen molar-refractivity contribution in [2.75, 3.05) is 45.9 Å². The summed E-state index contributed by atoms with van der Waals surface area (Å²) in [5, 5.41) is 6.60. The second-order valence-corrected chi connectivity index (χ2v) is 7.70. The van der Waals surface area contributed by atoms with E-state index in [1.54, 1.807) is 0 Å². The summed E-state index contributed by atoms with van der Waals surface area (Å²) < 4.78 is 11.3. The molecular formula is C20H35Cl2N3O3. The van der Waals surface area contributed by atoms with Crippen LogP contribution < -0.4 is 10.6 Å². The van der Waals surface area contributed by atoms with Gasteiger partial charge in [-0.15, -0.1) is 24.8 Å². The van der Waals surface area contributed by atoms with E-state index in [2.05, 4.69) is 22.5 Å². The number of morpholine rings is 1. The van der Waals surface area contributed by atoms with E-state index in [4.69, 9.17) is 9.15 Å². The minimum Gasteiger partial charge on any atom is -0.465 e. The first-order valence-electron chi connectivity index (χ1n) is 9.99. The number of rotatable bonds is 7. The maximum Gasteiger partial charge on any atom is 0.220 e. The van der Waals surface area contributed by atoms with Gasteiger partial charge in [-0.3, -0.25) is 9.69 Å². The molecule has 0 bridgehead atoms. The van der Waals surface area contributed by atoms with Crippen molar-refractivity contribution in [3.8, 4) is 0 Å². The highest BCUT2D eigenvalue weighted by molar-refractivity contribution is 5.85. The van der Waals surface area contributed by atoms with E-state index >= 15 is 0 Å². The summed E-state index contributed by atoms with van der Waals surface area (Å²) in [6, 6.07) is 4.09. The van der Waals surface area contributed by atoms with E-state index in [0.717, 1.165) is 50.9 Å². The van der Waals surface area contributed by atoms with Gasteiger partial charge in [-0.25, -0.2) is 0 Å². The SMILES string of the molecule is Cc1ccc(C(CNC(=O)CC(C)C2CCCNC2)N2CCOCC2)o1.Cl.Cl. The first kappa shape index (κ1) is 25.2. The lowest BCUT2D eigenvalue weighted by Crippen LogP contribution is -2.44. The average Bonchev–Trinajstić information content (AvgIpc) is 3.09. The van der Waals surface area contributed by atoms with Crippen molar-refractivity contribution in [2.45, 2.75) is 39.2 Å². The van der Waals surface area contributed by atoms with E-state index in [1.807, 2.05) is 19.1 Å². The number of hydrogen-bond acceptors (Lipinski definition) is 5. The first-order chi connectivity index (χ1) is 12.6. The molecular weight excluding hydrogens is 401 g/mol. The molecule has 6 nitrogen and oxygen atoms in total. The van der Waals surface area contributed by atoms with Gasteiger partial charge < -0.3 is 19.8 Å². The Labute approximate surface area is 180 Å². The van der Waals surface area contributed by atoms with Gasteiger partial charge in [0.2, 0.25) is 5.91 Å². The van der Waals surface area contributed by atoms with Crippen LogP contribution in [0.1, 0.15) is 43.7 Å². The molecule has 2 aliphatic heterocycles. The zero-order valence-corrected chi connectivity index (χ0v) is 18.6. The molecule has 3 heterocycles. The summed E-state index contributed by atoms with van der Waals surface area (Å²) in [6.45, 7) is 10.1. The maximum atomic E-state index is 12.5. The van der Waals surface area contributed by atoms with Gasteiger partial charge in [0.25, 0.3) is 0 Å². The van der Waals surface area contributed by atoms with Crippen molar-refractivity contribution in [1.82, 2.24) is 15.5 Å². The Balaban J connectivity index is 0.00000196. The summed E-state index contributed by atoms with van der Waals surface area (Å²) in [4.78, 5) is 14.9. The molecule has 2 N–H and O–H groups in total. The number of nitrogens with one attached hydrogen (secondary N) is 2. The van der Waals surface area contributed by atoms with Crippen LogP contribution in [0.4, 0.5) is 0 Å². The minimum absolute atomic E-state index is 0. The fourth-order valence-electron chi connectivity index (χ4n) is 4.04. The van der Waals surface area contributed by atoms with Gasteiger partial charge in [0, 0.05) is 26.1 Å². The fraction of sp³-hybridized carbons (Fsp3) is 0.750. The van der Waals surface area contributed by atoms with Crippen molar-refractivity contribution in [2.24, 2.45) is 11.8 Å². The Morgan fingerprint density at radius 3 is 2.68 bits per heavy atom. The van der Waals surface area contributed by atoms with Crippen molar-refractivity contribution in [1.29, 1.82) is 0 Å². The topological polar surface area (TPSA) is 66.7 Å². The first-order valence-corrected chi connectivity index (χ1v) is 9.99. The zero-order valence-electron chi connectivity index (χ0n) is 16.9. The monoisotopic (exact) mass is 435 g/mol. The summed E-state index contributed by atoms with van der Waals surface area (Å²) >= 11 is 0. The van der Waals surface area contributed by atoms with Crippen LogP contribution in [0.5, 0.6) is 0 Å². The van der Waals surface area contributed by atoms with E-state index in [9.17, 15) is 4.79 Å². The smallest absolute Gasteiger partial charge is 0.220 e. The predicted octanol–water partition coefficient (Wildman–Crippen LogP) is 2.95. The van der Waals surface area contributed by atoms with Crippen LogP contribution in [0, 0.1) is 18.8 Å². The molecule has 0 aliphatic carbocycles. The predicted molar refractivity (Wildman–Crippen MR) is 115 cm³/mol. The molecule has 8 heteroatoms. The zero-order chi connectivity index (χ0) is 18.4. The molecule has 1 amide bonds. The molecule has 1 aromatic rings. The van der Waals surface area contributed by atoms with Gasteiger partial charge in [-0.05, 0) is 56.8 Å². The molecule has 2 fully saturated rings. The Morgan fingerprint density at radius 1 is 1.32 bits per heavy atom. The third-order valence-corrected chi connectivity index (χ3v) is 5.72. The minimum atomic E-state index is 0. The fourth-order valence-corrected chi connectivity index (χ4v) is 4.04. The van der Waals surface area contributed by atoms with Crippen molar-refractivity contribution in [3.63, 3.8) is 0 Å². The van der Waals surface area contributed by atoms with E-state index in [0.29, 0.717) is 24.8 Å². The second-order valence-electron chi connectivity index (χ2n) is 7.70. The average molecular weight is 436 g/mol. The molecule has 2 aliphatic rings. The third-order valence-electron chi connectivity index (χ3n) is 5.72. The number of hydrogen-bond donors (Lipinski definition) is 2. The van der Waals surface area contributed by atoms with E-state index in [-0.39, 0.29) is 36.8 Å². The van der Waals surface area contributed by atoms with Crippen LogP contribution in [0.15, 0.2) is 16.5 Å². The molecule has 1 aromatic heterocycles. The van der Waals surface area contributed by atoms with Crippen LogP contribution >= 0.6 is 24.8 Å². The van der Waals surface area contributed by atoms with Gasteiger partial charge in [-0.1, -0.05) is 6.92 Å². The quantitative estimate of drug-likeness (QED) is 0.688. The molecule has 0 saturated carbocycles. The van der Waals surface area contributed by atoms with Crippen LogP contribution in [0.3, 0.4) is 0 Å². The number of furan rings is 1. The second kappa shape index (κ2) is 12.7. The molecule has 3 atom stereocenters. The number of carbonyl (C=O) groups is 1. The summed E-state index contributed by atoms with van der Waals surface area (Å²) in [6.07, 6.45) is 3.04. The van der Waals surface area contributed by atoms with Crippen molar-refractivity contribution >= 4 is 30.7 Å². The summed E-state index contributed by atoms with van der Waals surface area (Å²) in [7, 11) is 0. The van der Waals surface area contributed by atoms with Gasteiger partial charge >= 0.3 is 0 Å². The number of halogens is 2. The molecule has 0 spiro atoms. The van der Waals surface area contributed by atoms with Gasteiger partial charge in [0.05, 0.1) is 19.3 Å². The largest absolute Gasteiger partial charge is 0.465 e. The van der Waals surface area contributed by atoms with E-state index < -0.39 is 0 Å². The van der Waals surface area contributed by atoms with Gasteiger partial charge in [0.15, 0.2) is 0 Å². The third kappa shape index (κ3) is 7.23. The standard InChI is InChI=1S/C20H33N3O3.2ClH/c1-15(17-4-3-7-21-13-17)12-20(24)22-14-18(19-6-5-16(2)26-19)23-8-10-25-11-9-23;;/h5-6,15,17-18,21H,3-4,7-14H2,1-2H3,(H,22,24);2*1H. The van der Waals surface area contributed by atoms with Gasteiger partial charge in [0.1, 0.15) is 11.5 Å². The highest BCUT2D eigenvalue weighted by Crippen LogP contribution is 2.25. The molecule has 162 valence electrons. The lowest BCUT2D eigenvalue weighted by Gasteiger charge is -2.33. The van der Waals surface area contributed by atoms with Gasteiger partial charge in [-0.2, -0.15) is 0 Å². The normalized spacial score (nSPS) is 22.4. The number of ether oxygens (including phenoxy) is 1. The number of carbonyl (C=O) groups excluding carboxylic acids is 1. The number of nitrogens with zero attached hydrogens (tertiary/aromatic N) is 1. The molecule has 2 saturated heterocycles. The summed E-state index contributed by atoms with van der Waals surface area (Å²) in [5.74, 6) is 3.00. The van der Waals surface area contributed by atoms with Crippen LogP contribution in [-0.2, 0) is 9.53 Å². The molecule has 3 rings (SSSR count). The Kier molecular flexibility index (Phi) is 11.5. The Hall–Kier alpha value is -0.790. The molecule has 0 aromatic carbocycles. The van der Waals surface area contributed by atoms with E-state index in [1.165, 1.54) is 12.8 Å².